The van der Waals surface area contributed by atoms with E-state index in [1.165, 1.54) is 7.11 Å². The molecule has 19 heavy (non-hydrogen) atoms. The number of rotatable bonds is 3. The maximum absolute atomic E-state index is 12.4. The van der Waals surface area contributed by atoms with Crippen LogP contribution in [0.1, 0.15) is 32.7 Å². The molecule has 1 aromatic heterocycles. The fourth-order valence-electron chi connectivity index (χ4n) is 2.42. The quantitative estimate of drug-likeness (QED) is 0.762. The molecule has 1 saturated heterocycles. The Labute approximate surface area is 112 Å². The summed E-state index contributed by atoms with van der Waals surface area (Å²) in [4.78, 5) is 30.0. The molecule has 1 aliphatic heterocycles. The van der Waals surface area contributed by atoms with E-state index in [0.29, 0.717) is 18.8 Å². The predicted octanol–water partition coefficient (Wildman–Crippen LogP) is 0.966. The summed E-state index contributed by atoms with van der Waals surface area (Å²) in [7, 11) is 1.36. The highest BCUT2D eigenvalue weighted by Crippen LogP contribution is 2.22. The minimum Gasteiger partial charge on any atom is -0.467 e. The van der Waals surface area contributed by atoms with Gasteiger partial charge in [-0.05, 0) is 26.7 Å². The Morgan fingerprint density at radius 2 is 2.26 bits per heavy atom. The Hall–Kier alpha value is -1.85. The highest BCUT2D eigenvalue weighted by Gasteiger charge is 2.34. The summed E-state index contributed by atoms with van der Waals surface area (Å²) < 4.78 is 6.41. The normalized spacial score (nSPS) is 18.9. The number of esters is 1. The topological polar surface area (TPSA) is 64.4 Å². The number of hydrogen-bond acceptors (Lipinski definition) is 5. The molecule has 0 N–H and O–H groups in total. The van der Waals surface area contributed by atoms with Gasteiger partial charge in [0.25, 0.3) is 5.56 Å². The van der Waals surface area contributed by atoms with Gasteiger partial charge in [0.2, 0.25) is 0 Å². The third kappa shape index (κ3) is 2.47. The van der Waals surface area contributed by atoms with Crippen molar-refractivity contribution >= 4 is 11.8 Å². The van der Waals surface area contributed by atoms with Gasteiger partial charge in [-0.25, -0.2) is 9.78 Å². The van der Waals surface area contributed by atoms with E-state index < -0.39 is 6.04 Å². The first-order valence-electron chi connectivity index (χ1n) is 6.48. The van der Waals surface area contributed by atoms with Gasteiger partial charge < -0.3 is 14.2 Å². The zero-order valence-corrected chi connectivity index (χ0v) is 11.5. The minimum atomic E-state index is -0.395. The van der Waals surface area contributed by atoms with Crippen LogP contribution in [0, 0.1) is 0 Å². The molecule has 0 aromatic carbocycles. The number of carbonyl (C=O) groups excluding carboxylic acids is 1. The zero-order chi connectivity index (χ0) is 14.0. The average Bonchev–Trinajstić information content (AvgIpc) is 2.86. The summed E-state index contributed by atoms with van der Waals surface area (Å²) in [5, 5.41) is 0. The lowest BCUT2D eigenvalue weighted by atomic mass is 10.2. The van der Waals surface area contributed by atoms with Gasteiger partial charge in [-0.15, -0.1) is 0 Å². The summed E-state index contributed by atoms with van der Waals surface area (Å²) in [6.07, 6.45) is 4.82. The molecule has 0 saturated carbocycles. The average molecular weight is 265 g/mol. The summed E-state index contributed by atoms with van der Waals surface area (Å²) in [5.74, 6) is 0.0303. The van der Waals surface area contributed by atoms with Crippen molar-refractivity contribution in [3.05, 3.63) is 22.7 Å². The standard InChI is InChI=1S/C13H19N3O3/c1-9(2)15-8-6-14-11(12(15)17)16-7-4-5-10(16)13(18)19-3/h6,8-10H,4-5,7H2,1-3H3. The Bertz CT molecular complexity index is 524. The molecule has 0 spiro atoms. The molecule has 0 radical (unpaired) electrons. The van der Waals surface area contributed by atoms with Crippen molar-refractivity contribution in [1.29, 1.82) is 0 Å². The van der Waals surface area contributed by atoms with E-state index >= 15 is 0 Å². The molecule has 2 heterocycles. The van der Waals surface area contributed by atoms with Gasteiger partial charge >= 0.3 is 5.97 Å². The zero-order valence-electron chi connectivity index (χ0n) is 11.5. The first-order chi connectivity index (χ1) is 9.06. The Morgan fingerprint density at radius 3 is 2.89 bits per heavy atom. The molecule has 6 heteroatoms. The van der Waals surface area contributed by atoms with Gasteiger partial charge in [0.1, 0.15) is 6.04 Å². The molecule has 6 nitrogen and oxygen atoms in total. The van der Waals surface area contributed by atoms with E-state index in [2.05, 4.69) is 4.98 Å². The predicted molar refractivity (Wildman–Crippen MR) is 71.3 cm³/mol. The third-order valence-corrected chi connectivity index (χ3v) is 3.40. The van der Waals surface area contributed by atoms with E-state index in [-0.39, 0.29) is 17.6 Å². The molecule has 104 valence electrons. The lowest BCUT2D eigenvalue weighted by Crippen LogP contribution is -2.41. The summed E-state index contributed by atoms with van der Waals surface area (Å²) in [6, 6.07) is -0.332. The van der Waals surface area contributed by atoms with Crippen molar-refractivity contribution < 1.29 is 9.53 Å². The highest BCUT2D eigenvalue weighted by atomic mass is 16.5. The van der Waals surface area contributed by atoms with Crippen LogP contribution < -0.4 is 10.5 Å². The first kappa shape index (κ1) is 13.6. The van der Waals surface area contributed by atoms with Gasteiger partial charge in [-0.3, -0.25) is 4.79 Å². The van der Waals surface area contributed by atoms with E-state index in [1.54, 1.807) is 21.9 Å². The maximum Gasteiger partial charge on any atom is 0.328 e. The van der Waals surface area contributed by atoms with Crippen molar-refractivity contribution in [2.24, 2.45) is 0 Å². The molecule has 0 aliphatic carbocycles. The van der Waals surface area contributed by atoms with Gasteiger partial charge in [0, 0.05) is 25.0 Å². The van der Waals surface area contributed by atoms with E-state index in [4.69, 9.17) is 4.74 Å². The summed E-state index contributed by atoms with van der Waals surface area (Å²) in [5.41, 5.74) is -0.159. The van der Waals surface area contributed by atoms with E-state index in [9.17, 15) is 9.59 Å². The third-order valence-electron chi connectivity index (χ3n) is 3.40. The van der Waals surface area contributed by atoms with E-state index in [0.717, 1.165) is 6.42 Å². The monoisotopic (exact) mass is 265 g/mol. The van der Waals surface area contributed by atoms with Crippen molar-refractivity contribution in [3.8, 4) is 0 Å². The molecular weight excluding hydrogens is 246 g/mol. The maximum atomic E-state index is 12.4. The Balaban J connectivity index is 2.39. The van der Waals surface area contributed by atoms with Gasteiger partial charge in [-0.1, -0.05) is 0 Å². The van der Waals surface area contributed by atoms with Crippen LogP contribution in [0.25, 0.3) is 0 Å². The number of hydrogen-bond donors (Lipinski definition) is 0. The van der Waals surface area contributed by atoms with Crippen LogP contribution in [-0.4, -0.2) is 35.2 Å². The van der Waals surface area contributed by atoms with Gasteiger partial charge in [0.15, 0.2) is 5.82 Å². The summed E-state index contributed by atoms with van der Waals surface area (Å²) in [6.45, 7) is 4.53. The lowest BCUT2D eigenvalue weighted by molar-refractivity contribution is -0.141. The molecule has 1 aliphatic rings. The number of carbonyl (C=O) groups is 1. The lowest BCUT2D eigenvalue weighted by Gasteiger charge is -2.23. The molecule has 1 aromatic rings. The number of methoxy groups -OCH3 is 1. The molecule has 1 unspecified atom stereocenters. The van der Waals surface area contributed by atoms with Crippen LogP contribution in [0.2, 0.25) is 0 Å². The van der Waals surface area contributed by atoms with Crippen LogP contribution in [0.15, 0.2) is 17.2 Å². The molecule has 2 rings (SSSR count). The summed E-state index contributed by atoms with van der Waals surface area (Å²) >= 11 is 0. The van der Waals surface area contributed by atoms with Crippen LogP contribution in [0.5, 0.6) is 0 Å². The fraction of sp³-hybridized carbons (Fsp3) is 0.615. The SMILES string of the molecule is COC(=O)C1CCCN1c1nccn(C(C)C)c1=O. The molecule has 1 atom stereocenters. The number of anilines is 1. The molecule has 1 fully saturated rings. The fourth-order valence-corrected chi connectivity index (χ4v) is 2.42. The second-order valence-electron chi connectivity index (χ2n) is 4.93. The molecule has 0 amide bonds. The van der Waals surface area contributed by atoms with Crippen molar-refractivity contribution in [1.82, 2.24) is 9.55 Å². The first-order valence-corrected chi connectivity index (χ1v) is 6.48. The molecule has 0 bridgehead atoms. The van der Waals surface area contributed by atoms with Crippen LogP contribution in [0.4, 0.5) is 5.82 Å². The van der Waals surface area contributed by atoms with Gasteiger partial charge in [-0.2, -0.15) is 0 Å². The number of ether oxygens (including phenoxy) is 1. The van der Waals surface area contributed by atoms with Crippen LogP contribution in [-0.2, 0) is 9.53 Å². The second-order valence-corrected chi connectivity index (χ2v) is 4.93. The number of aromatic nitrogens is 2. The van der Waals surface area contributed by atoms with Crippen molar-refractivity contribution in [2.75, 3.05) is 18.6 Å². The van der Waals surface area contributed by atoms with Crippen molar-refractivity contribution in [3.63, 3.8) is 0 Å². The number of nitrogens with zero attached hydrogens (tertiary/aromatic N) is 3. The largest absolute Gasteiger partial charge is 0.467 e. The van der Waals surface area contributed by atoms with Crippen molar-refractivity contribution in [2.45, 2.75) is 38.8 Å². The van der Waals surface area contributed by atoms with Gasteiger partial charge in [0.05, 0.1) is 7.11 Å². The van der Waals surface area contributed by atoms with E-state index in [1.807, 2.05) is 13.8 Å². The Kier molecular flexibility index (Phi) is 3.87. The minimum absolute atomic E-state index is 0.0634. The smallest absolute Gasteiger partial charge is 0.328 e. The second kappa shape index (κ2) is 5.42. The highest BCUT2D eigenvalue weighted by molar-refractivity contribution is 5.80. The molecular formula is C13H19N3O3. The van der Waals surface area contributed by atoms with Crippen LogP contribution in [0.3, 0.4) is 0 Å². The Morgan fingerprint density at radius 1 is 1.53 bits per heavy atom. The van der Waals surface area contributed by atoms with Crippen LogP contribution >= 0.6 is 0 Å².